The van der Waals surface area contributed by atoms with Crippen LogP contribution in [0.5, 0.6) is 0 Å². The Balaban J connectivity index is 3.50. The topological polar surface area (TPSA) is 26.3 Å². The van der Waals surface area contributed by atoms with E-state index in [0.29, 0.717) is 12.2 Å². The Labute approximate surface area is 84.4 Å². The van der Waals surface area contributed by atoms with Gasteiger partial charge in [0.15, 0.2) is 0 Å². The molecule has 3 heteroatoms. The molecule has 0 radical (unpaired) electrons. The quantitative estimate of drug-likeness (QED) is 0.323. The second kappa shape index (κ2) is 7.64. The van der Waals surface area contributed by atoms with Crippen LogP contribution >= 0.6 is 0 Å². The summed E-state index contributed by atoms with van der Waals surface area (Å²) in [6, 6.07) is 0. The van der Waals surface area contributed by atoms with Crippen LogP contribution in [0.1, 0.15) is 19.8 Å². The fourth-order valence-electron chi connectivity index (χ4n) is 0.644. The minimum atomic E-state index is -0.199. The van der Waals surface area contributed by atoms with Crippen LogP contribution in [-0.2, 0) is 9.53 Å². The van der Waals surface area contributed by atoms with Gasteiger partial charge in [-0.25, -0.2) is 0 Å². The predicted octanol–water partition coefficient (Wildman–Crippen LogP) is 2.06. The van der Waals surface area contributed by atoms with Crippen LogP contribution in [0.2, 0.25) is 9.44 Å². The van der Waals surface area contributed by atoms with Gasteiger partial charge in [0.1, 0.15) is 0 Å². The molecule has 12 heavy (non-hydrogen) atoms. The van der Waals surface area contributed by atoms with Gasteiger partial charge in [-0.15, -0.1) is 0 Å². The number of rotatable bonds is 6. The molecule has 0 fully saturated rings. The van der Waals surface area contributed by atoms with Crippen molar-refractivity contribution in [3.8, 4) is 0 Å². The summed E-state index contributed by atoms with van der Waals surface area (Å²) in [5.41, 5.74) is 0.649. The molecule has 0 aromatic rings. The Kier molecular flexibility index (Phi) is 7.64. The maximum absolute atomic E-state index is 11.1. The van der Waals surface area contributed by atoms with Gasteiger partial charge in [0.05, 0.1) is 0 Å². The van der Waals surface area contributed by atoms with Crippen molar-refractivity contribution in [1.82, 2.24) is 0 Å². The van der Waals surface area contributed by atoms with Gasteiger partial charge < -0.3 is 0 Å². The Hall–Kier alpha value is -0.000390. The van der Waals surface area contributed by atoms with Crippen LogP contribution < -0.4 is 0 Å². The fraction of sp³-hybridized carbons (Fsp3) is 0.667. The number of hydrogen-bond donors (Lipinski definition) is 0. The van der Waals surface area contributed by atoms with Crippen molar-refractivity contribution in [3.63, 3.8) is 0 Å². The molecular formula is C9H16O2Te. The summed E-state index contributed by atoms with van der Waals surface area (Å²) in [4.78, 5) is 13.3. The summed E-state index contributed by atoms with van der Waals surface area (Å²) >= 11 is -0.0378. The first kappa shape index (κ1) is 12.0. The molecule has 0 aromatic heterocycles. The third kappa shape index (κ3) is 5.62. The van der Waals surface area contributed by atoms with Gasteiger partial charge in [-0.3, -0.25) is 0 Å². The average molecular weight is 284 g/mol. The molecule has 0 amide bonds. The molecule has 2 nitrogen and oxygen atoms in total. The fourth-order valence-corrected chi connectivity index (χ4v) is 1.98. The van der Waals surface area contributed by atoms with Gasteiger partial charge >= 0.3 is 84.4 Å². The number of carbonyl (C=O) groups is 1. The van der Waals surface area contributed by atoms with Gasteiger partial charge in [-0.1, -0.05) is 0 Å². The minimum absolute atomic E-state index is 0.0378. The number of unbranched alkanes of at least 4 members (excludes halogenated alkanes) is 1. The standard InChI is InChI=1S/C9H16O2Te/c1-4-5-6-11-9(10)8(2)7-12-3/h2,4-7H2,1,3H3. The number of esters is 1. The molecule has 0 heterocycles. The van der Waals surface area contributed by atoms with Gasteiger partial charge in [0.2, 0.25) is 0 Å². The molecule has 0 aliphatic heterocycles. The first-order valence-electron chi connectivity index (χ1n) is 4.06. The van der Waals surface area contributed by atoms with E-state index in [4.69, 9.17) is 4.74 Å². The maximum atomic E-state index is 11.1. The van der Waals surface area contributed by atoms with Crippen LogP contribution in [0.25, 0.3) is 0 Å². The molecule has 0 N–H and O–H groups in total. The zero-order valence-corrected chi connectivity index (χ0v) is 10.1. The van der Waals surface area contributed by atoms with Gasteiger partial charge in [-0.05, 0) is 0 Å². The second-order valence-corrected chi connectivity index (χ2v) is 5.00. The molecule has 0 saturated heterocycles. The van der Waals surface area contributed by atoms with E-state index in [2.05, 4.69) is 18.5 Å². The van der Waals surface area contributed by atoms with Crippen LogP contribution in [0.15, 0.2) is 12.2 Å². The third-order valence-corrected chi connectivity index (χ3v) is 3.16. The Morgan fingerprint density at radius 1 is 1.58 bits per heavy atom. The van der Waals surface area contributed by atoms with E-state index in [1.54, 1.807) is 0 Å². The second-order valence-electron chi connectivity index (χ2n) is 2.53. The Morgan fingerprint density at radius 2 is 2.25 bits per heavy atom. The van der Waals surface area contributed by atoms with Gasteiger partial charge in [0, 0.05) is 0 Å². The summed E-state index contributed by atoms with van der Waals surface area (Å²) in [6.07, 6.45) is 2.00. The van der Waals surface area contributed by atoms with Crippen molar-refractivity contribution in [2.45, 2.75) is 29.2 Å². The molecular weight excluding hydrogens is 268 g/mol. The van der Waals surface area contributed by atoms with E-state index >= 15 is 0 Å². The van der Waals surface area contributed by atoms with Crippen LogP contribution in [-0.4, -0.2) is 33.5 Å². The van der Waals surface area contributed by atoms with Crippen molar-refractivity contribution in [2.75, 3.05) is 6.61 Å². The Bertz CT molecular complexity index is 155. The van der Waals surface area contributed by atoms with Crippen molar-refractivity contribution < 1.29 is 9.53 Å². The molecule has 0 rings (SSSR count). The van der Waals surface area contributed by atoms with E-state index in [1.165, 1.54) is 0 Å². The van der Waals surface area contributed by atoms with Crippen LogP contribution in [0.4, 0.5) is 0 Å². The average Bonchev–Trinajstić information content (AvgIpc) is 2.05. The normalized spacial score (nSPS) is 9.50. The van der Waals surface area contributed by atoms with E-state index in [0.717, 1.165) is 17.3 Å². The Morgan fingerprint density at radius 3 is 2.75 bits per heavy atom. The molecule has 70 valence electrons. The molecule has 0 aliphatic carbocycles. The SMILES string of the molecule is C=C(C[Te]C)C(=O)OCCCC. The first-order chi connectivity index (χ1) is 5.72. The zero-order chi connectivity index (χ0) is 9.40. The van der Waals surface area contributed by atoms with E-state index in [9.17, 15) is 4.79 Å². The van der Waals surface area contributed by atoms with Gasteiger partial charge in [0.25, 0.3) is 0 Å². The van der Waals surface area contributed by atoms with Crippen molar-refractivity contribution in [3.05, 3.63) is 12.2 Å². The van der Waals surface area contributed by atoms with E-state index < -0.39 is 0 Å². The monoisotopic (exact) mass is 286 g/mol. The molecule has 0 saturated carbocycles. The number of carbonyl (C=O) groups excluding carboxylic acids is 1. The molecule has 0 aromatic carbocycles. The molecule has 0 spiro atoms. The molecule has 0 aliphatic rings. The molecule has 0 atom stereocenters. The summed E-state index contributed by atoms with van der Waals surface area (Å²) in [5.74, 6) is -0.199. The molecule has 0 bridgehead atoms. The molecule has 0 unspecified atom stereocenters. The van der Waals surface area contributed by atoms with Crippen LogP contribution in [0, 0.1) is 0 Å². The van der Waals surface area contributed by atoms with E-state index in [-0.39, 0.29) is 26.9 Å². The summed E-state index contributed by atoms with van der Waals surface area (Å²) < 4.78 is 5.85. The predicted molar refractivity (Wildman–Crippen MR) is 51.4 cm³/mol. The van der Waals surface area contributed by atoms with Crippen molar-refractivity contribution >= 4 is 26.9 Å². The van der Waals surface area contributed by atoms with Crippen molar-refractivity contribution in [1.29, 1.82) is 0 Å². The number of ether oxygens (including phenoxy) is 1. The van der Waals surface area contributed by atoms with Crippen molar-refractivity contribution in [2.24, 2.45) is 0 Å². The first-order valence-corrected chi connectivity index (χ1v) is 8.04. The summed E-state index contributed by atoms with van der Waals surface area (Å²) in [6.45, 7) is 6.29. The third-order valence-electron chi connectivity index (χ3n) is 1.34. The summed E-state index contributed by atoms with van der Waals surface area (Å²) in [5, 5.41) is 0. The van der Waals surface area contributed by atoms with E-state index in [1.807, 2.05) is 0 Å². The van der Waals surface area contributed by atoms with Gasteiger partial charge in [-0.2, -0.15) is 0 Å². The number of hydrogen-bond acceptors (Lipinski definition) is 2. The van der Waals surface area contributed by atoms with Crippen LogP contribution in [0.3, 0.4) is 0 Å². The zero-order valence-electron chi connectivity index (χ0n) is 7.76. The summed E-state index contributed by atoms with van der Waals surface area (Å²) in [7, 11) is 0.